The number of para-hydroxylation sites is 1. The normalized spacial score (nSPS) is 10.9. The molecule has 1 heterocycles. The molecule has 0 aliphatic carbocycles. The topological polar surface area (TPSA) is 55.5 Å². The fourth-order valence-electron chi connectivity index (χ4n) is 2.42. The summed E-state index contributed by atoms with van der Waals surface area (Å²) in [5.41, 5.74) is 0.715. The number of rotatable bonds is 4. The van der Waals surface area contributed by atoms with Crippen molar-refractivity contribution in [3.8, 4) is 28.3 Å². The third-order valence-corrected chi connectivity index (χ3v) is 3.56. The Balaban J connectivity index is 2.18. The van der Waals surface area contributed by atoms with E-state index < -0.39 is 24.1 Å². The number of hydrogen-bond acceptors (Lipinski definition) is 4. The van der Waals surface area contributed by atoms with Crippen molar-refractivity contribution in [2.75, 3.05) is 7.11 Å². The number of benzene rings is 2. The first-order valence-corrected chi connectivity index (χ1v) is 6.94. The molecule has 7 heteroatoms. The van der Waals surface area contributed by atoms with Gasteiger partial charge in [0.05, 0.1) is 24.8 Å². The maximum Gasteiger partial charge on any atom is 0.194 e. The van der Waals surface area contributed by atoms with E-state index in [0.717, 1.165) is 12.1 Å². The largest absolute Gasteiger partial charge is 0.496 e. The van der Waals surface area contributed by atoms with E-state index in [1.165, 1.54) is 7.11 Å². The maximum atomic E-state index is 13.5. The summed E-state index contributed by atoms with van der Waals surface area (Å²) in [6.45, 7) is -0.493. The van der Waals surface area contributed by atoms with Gasteiger partial charge < -0.3 is 14.4 Å². The van der Waals surface area contributed by atoms with Gasteiger partial charge in [-0.25, -0.2) is 13.2 Å². The second kappa shape index (κ2) is 6.37. The minimum Gasteiger partial charge on any atom is -0.496 e. The molecule has 124 valence electrons. The Hall–Kier alpha value is -2.80. The summed E-state index contributed by atoms with van der Waals surface area (Å²) in [5, 5.41) is 13.4. The molecular weight excluding hydrogens is 323 g/mol. The zero-order chi connectivity index (χ0) is 17.3. The summed E-state index contributed by atoms with van der Waals surface area (Å²) in [6, 6.07) is 8.45. The monoisotopic (exact) mass is 335 g/mol. The fourth-order valence-corrected chi connectivity index (χ4v) is 2.42. The predicted octanol–water partition coefficient (Wildman–Crippen LogP) is 3.93. The lowest BCUT2D eigenvalue weighted by atomic mass is 10.0. The van der Waals surface area contributed by atoms with Gasteiger partial charge in [0.1, 0.15) is 11.4 Å². The summed E-state index contributed by atoms with van der Waals surface area (Å²) in [7, 11) is 1.47. The number of aromatic nitrogens is 1. The molecule has 0 aliphatic rings. The summed E-state index contributed by atoms with van der Waals surface area (Å²) in [4.78, 5) is 0. The fraction of sp³-hybridized carbons (Fsp3) is 0.118. The van der Waals surface area contributed by atoms with E-state index in [4.69, 9.17) is 9.26 Å². The van der Waals surface area contributed by atoms with Crippen LogP contribution in [0.4, 0.5) is 13.2 Å². The number of hydrogen-bond donors (Lipinski definition) is 1. The zero-order valence-corrected chi connectivity index (χ0v) is 12.5. The highest BCUT2D eigenvalue weighted by atomic mass is 19.2. The van der Waals surface area contributed by atoms with E-state index in [9.17, 15) is 18.3 Å². The Kier molecular flexibility index (Phi) is 4.26. The van der Waals surface area contributed by atoms with Crippen molar-refractivity contribution in [2.24, 2.45) is 0 Å². The van der Waals surface area contributed by atoms with Crippen LogP contribution in [0.5, 0.6) is 5.75 Å². The van der Waals surface area contributed by atoms with Gasteiger partial charge in [-0.2, -0.15) is 0 Å². The van der Waals surface area contributed by atoms with Crippen LogP contribution in [0.3, 0.4) is 0 Å². The third-order valence-electron chi connectivity index (χ3n) is 3.56. The van der Waals surface area contributed by atoms with Crippen LogP contribution >= 0.6 is 0 Å². The Morgan fingerprint density at radius 3 is 2.42 bits per heavy atom. The van der Waals surface area contributed by atoms with Gasteiger partial charge in [0.25, 0.3) is 0 Å². The standard InChI is InChI=1S/C17H12F3NO3/c1-23-14-5-3-2-4-10(14)17-11(8-22)16(21-24-17)9-6-12(18)15(20)13(19)7-9/h2-7,22H,8H2,1H3. The number of halogens is 3. The second-order valence-electron chi connectivity index (χ2n) is 4.95. The van der Waals surface area contributed by atoms with Crippen molar-refractivity contribution in [3.05, 3.63) is 59.4 Å². The van der Waals surface area contributed by atoms with Crippen LogP contribution in [0.1, 0.15) is 5.56 Å². The lowest BCUT2D eigenvalue weighted by Crippen LogP contribution is -1.95. The van der Waals surface area contributed by atoms with Gasteiger partial charge >= 0.3 is 0 Å². The molecule has 0 atom stereocenters. The van der Waals surface area contributed by atoms with Crippen molar-refractivity contribution in [1.82, 2.24) is 5.16 Å². The third kappa shape index (κ3) is 2.63. The number of ether oxygens (including phenoxy) is 1. The highest BCUT2D eigenvalue weighted by molar-refractivity contribution is 5.75. The number of nitrogens with zero attached hydrogens (tertiary/aromatic N) is 1. The van der Waals surface area contributed by atoms with Gasteiger partial charge in [-0.05, 0) is 24.3 Å². The van der Waals surface area contributed by atoms with Crippen molar-refractivity contribution in [1.29, 1.82) is 0 Å². The molecule has 0 spiro atoms. The highest BCUT2D eigenvalue weighted by Crippen LogP contribution is 2.37. The van der Waals surface area contributed by atoms with Crippen LogP contribution in [-0.2, 0) is 6.61 Å². The van der Waals surface area contributed by atoms with Crippen LogP contribution in [-0.4, -0.2) is 17.4 Å². The lowest BCUT2D eigenvalue weighted by molar-refractivity contribution is 0.281. The Bertz CT molecular complexity index is 870. The molecule has 4 nitrogen and oxygen atoms in total. The van der Waals surface area contributed by atoms with Crippen LogP contribution in [0.15, 0.2) is 40.9 Å². The summed E-state index contributed by atoms with van der Waals surface area (Å²) in [5.74, 6) is -3.59. The van der Waals surface area contributed by atoms with Gasteiger partial charge in [-0.1, -0.05) is 17.3 Å². The molecule has 1 N–H and O–H groups in total. The zero-order valence-electron chi connectivity index (χ0n) is 12.5. The SMILES string of the molecule is COc1ccccc1-c1onc(-c2cc(F)c(F)c(F)c2)c1CO. The van der Waals surface area contributed by atoms with Gasteiger partial charge in [0.15, 0.2) is 23.2 Å². The first-order valence-electron chi connectivity index (χ1n) is 6.94. The number of aliphatic hydroxyl groups is 1. The molecule has 0 amide bonds. The first-order chi connectivity index (χ1) is 11.6. The van der Waals surface area contributed by atoms with Crippen LogP contribution in [0.25, 0.3) is 22.6 Å². The summed E-state index contributed by atoms with van der Waals surface area (Å²) < 4.78 is 50.5. The van der Waals surface area contributed by atoms with Gasteiger partial charge in [0.2, 0.25) is 0 Å². The Morgan fingerprint density at radius 2 is 1.79 bits per heavy atom. The van der Waals surface area contributed by atoms with Crippen LogP contribution in [0, 0.1) is 17.5 Å². The molecule has 0 radical (unpaired) electrons. The number of aliphatic hydroxyl groups excluding tert-OH is 1. The molecule has 0 saturated heterocycles. The maximum absolute atomic E-state index is 13.5. The van der Waals surface area contributed by atoms with Crippen LogP contribution < -0.4 is 4.74 Å². The van der Waals surface area contributed by atoms with Crippen molar-refractivity contribution in [3.63, 3.8) is 0 Å². The van der Waals surface area contributed by atoms with E-state index in [1.54, 1.807) is 24.3 Å². The quantitative estimate of drug-likeness (QED) is 0.734. The van der Waals surface area contributed by atoms with E-state index in [-0.39, 0.29) is 22.6 Å². The molecule has 0 fully saturated rings. The molecule has 0 bridgehead atoms. The molecule has 0 saturated carbocycles. The molecular formula is C17H12F3NO3. The summed E-state index contributed by atoms with van der Waals surface area (Å²) >= 11 is 0. The minimum atomic E-state index is -1.57. The van der Waals surface area contributed by atoms with E-state index in [2.05, 4.69) is 5.16 Å². The second-order valence-corrected chi connectivity index (χ2v) is 4.95. The van der Waals surface area contributed by atoms with Crippen molar-refractivity contribution >= 4 is 0 Å². The van der Waals surface area contributed by atoms with Gasteiger partial charge in [0, 0.05) is 5.56 Å². The molecule has 24 heavy (non-hydrogen) atoms. The van der Waals surface area contributed by atoms with E-state index in [1.807, 2.05) is 0 Å². The van der Waals surface area contributed by atoms with Gasteiger partial charge in [-0.3, -0.25) is 0 Å². The average Bonchev–Trinajstić information content (AvgIpc) is 3.02. The molecule has 0 aliphatic heterocycles. The Morgan fingerprint density at radius 1 is 1.12 bits per heavy atom. The van der Waals surface area contributed by atoms with E-state index in [0.29, 0.717) is 11.3 Å². The average molecular weight is 335 g/mol. The Labute approximate surface area is 135 Å². The van der Waals surface area contributed by atoms with Crippen molar-refractivity contribution in [2.45, 2.75) is 6.61 Å². The van der Waals surface area contributed by atoms with E-state index >= 15 is 0 Å². The lowest BCUT2D eigenvalue weighted by Gasteiger charge is -2.07. The molecule has 2 aromatic carbocycles. The van der Waals surface area contributed by atoms with Crippen LogP contribution in [0.2, 0.25) is 0 Å². The number of methoxy groups -OCH3 is 1. The molecule has 0 unspecified atom stereocenters. The van der Waals surface area contributed by atoms with Gasteiger partial charge in [-0.15, -0.1) is 0 Å². The molecule has 1 aromatic heterocycles. The molecule has 3 aromatic rings. The first kappa shape index (κ1) is 16.1. The smallest absolute Gasteiger partial charge is 0.194 e. The highest BCUT2D eigenvalue weighted by Gasteiger charge is 2.22. The minimum absolute atomic E-state index is 0.0243. The molecule has 3 rings (SSSR count). The summed E-state index contributed by atoms with van der Waals surface area (Å²) in [6.07, 6.45) is 0. The van der Waals surface area contributed by atoms with Crippen molar-refractivity contribution < 1.29 is 27.5 Å². The predicted molar refractivity (Wildman–Crippen MR) is 79.7 cm³/mol.